The van der Waals surface area contributed by atoms with Crippen LogP contribution in [-0.4, -0.2) is 9.96 Å². The van der Waals surface area contributed by atoms with Crippen LogP contribution >= 0.6 is 23.2 Å². The fraction of sp³-hybridized carbons (Fsp3) is 0.200. The first-order valence-electron chi connectivity index (χ1n) is 6.13. The van der Waals surface area contributed by atoms with Crippen LogP contribution in [0.3, 0.4) is 0 Å². The lowest BCUT2D eigenvalue weighted by Gasteiger charge is -2.15. The third-order valence-corrected chi connectivity index (χ3v) is 5.22. The molecule has 0 radical (unpaired) electrons. The van der Waals surface area contributed by atoms with Gasteiger partial charge in [-0.2, -0.15) is 0 Å². The second-order valence-electron chi connectivity index (χ2n) is 4.55. The molecule has 2 aromatic carbocycles. The molecule has 0 aromatic heterocycles. The van der Waals surface area contributed by atoms with Gasteiger partial charge in [-0.1, -0.05) is 47.5 Å². The fourth-order valence-electron chi connectivity index (χ4n) is 2.00. The van der Waals surface area contributed by atoms with E-state index >= 15 is 0 Å². The maximum Gasteiger partial charge on any atom is 0.0589 e. The molecule has 0 aliphatic rings. The lowest BCUT2D eigenvalue weighted by Crippen LogP contribution is -2.19. The van der Waals surface area contributed by atoms with Gasteiger partial charge in [0.2, 0.25) is 0 Å². The molecular formula is C15H15Cl2NOS. The third-order valence-electron chi connectivity index (χ3n) is 3.06. The van der Waals surface area contributed by atoms with Crippen LogP contribution in [0.5, 0.6) is 0 Å². The Hall–Kier alpha value is -0.870. The number of nitrogens with two attached hydrogens (primary N) is 1. The molecule has 0 saturated carbocycles. The number of benzene rings is 2. The molecule has 2 N–H and O–H groups in total. The zero-order valence-corrected chi connectivity index (χ0v) is 13.3. The standard InChI is InChI=1S/C15H15Cl2NOS/c1-10-4-2-3-5-12(10)14(18)9-20(19)15-8-11(16)6-7-13(15)17/h2-8,14H,9,18H2,1H3. The highest BCUT2D eigenvalue weighted by Crippen LogP contribution is 2.26. The molecule has 0 amide bonds. The Morgan fingerprint density at radius 2 is 1.90 bits per heavy atom. The molecule has 2 atom stereocenters. The highest BCUT2D eigenvalue weighted by Gasteiger charge is 2.16. The Balaban J connectivity index is 2.20. The molecule has 2 rings (SSSR count). The first kappa shape index (κ1) is 15.5. The zero-order chi connectivity index (χ0) is 14.7. The van der Waals surface area contributed by atoms with Gasteiger partial charge in [0.05, 0.1) is 20.7 Å². The molecule has 0 fully saturated rings. The van der Waals surface area contributed by atoms with Gasteiger partial charge < -0.3 is 5.73 Å². The SMILES string of the molecule is Cc1ccccc1C(N)CS(=O)c1cc(Cl)ccc1Cl. The number of hydrogen-bond donors (Lipinski definition) is 1. The van der Waals surface area contributed by atoms with Crippen molar-refractivity contribution in [3.63, 3.8) is 0 Å². The van der Waals surface area contributed by atoms with E-state index in [0.29, 0.717) is 20.7 Å². The van der Waals surface area contributed by atoms with E-state index in [1.54, 1.807) is 18.2 Å². The molecule has 2 unspecified atom stereocenters. The summed E-state index contributed by atoms with van der Waals surface area (Å²) in [5, 5.41) is 0.965. The average Bonchev–Trinajstić information content (AvgIpc) is 2.41. The first-order valence-corrected chi connectivity index (χ1v) is 8.21. The van der Waals surface area contributed by atoms with Crippen LogP contribution in [0.25, 0.3) is 0 Å². The molecule has 0 heterocycles. The van der Waals surface area contributed by atoms with Crippen LogP contribution in [0.1, 0.15) is 17.2 Å². The molecule has 0 aliphatic heterocycles. The van der Waals surface area contributed by atoms with Crippen molar-refractivity contribution in [3.05, 3.63) is 63.6 Å². The molecule has 2 aromatic rings. The van der Waals surface area contributed by atoms with Crippen LogP contribution < -0.4 is 5.73 Å². The van der Waals surface area contributed by atoms with Gasteiger partial charge in [0.1, 0.15) is 0 Å². The Labute approximate surface area is 131 Å². The van der Waals surface area contributed by atoms with Gasteiger partial charge in [-0.3, -0.25) is 4.21 Å². The van der Waals surface area contributed by atoms with E-state index in [2.05, 4.69) is 0 Å². The van der Waals surface area contributed by atoms with E-state index in [-0.39, 0.29) is 6.04 Å². The smallest absolute Gasteiger partial charge is 0.0589 e. The van der Waals surface area contributed by atoms with Gasteiger partial charge in [0.15, 0.2) is 0 Å². The lowest BCUT2D eigenvalue weighted by atomic mass is 10.0. The molecule has 106 valence electrons. The van der Waals surface area contributed by atoms with E-state index in [1.165, 1.54) is 0 Å². The van der Waals surface area contributed by atoms with Crippen molar-refractivity contribution in [2.24, 2.45) is 5.73 Å². The van der Waals surface area contributed by atoms with Crippen molar-refractivity contribution in [1.82, 2.24) is 0 Å². The van der Waals surface area contributed by atoms with Crippen LogP contribution in [0.15, 0.2) is 47.4 Å². The van der Waals surface area contributed by atoms with Crippen molar-refractivity contribution in [3.8, 4) is 0 Å². The summed E-state index contributed by atoms with van der Waals surface area (Å²) in [6, 6.07) is 12.5. The van der Waals surface area contributed by atoms with Gasteiger partial charge in [0, 0.05) is 16.8 Å². The molecular weight excluding hydrogens is 313 g/mol. The summed E-state index contributed by atoms with van der Waals surface area (Å²) in [4.78, 5) is 0.531. The summed E-state index contributed by atoms with van der Waals surface area (Å²) >= 11 is 12.0. The number of hydrogen-bond acceptors (Lipinski definition) is 2. The summed E-state index contributed by atoms with van der Waals surface area (Å²) in [6.45, 7) is 1.99. The fourth-order valence-corrected chi connectivity index (χ4v) is 3.84. The lowest BCUT2D eigenvalue weighted by molar-refractivity contribution is 0.675. The number of halogens is 2. The Kier molecular flexibility index (Phi) is 5.22. The minimum absolute atomic E-state index is 0.299. The third kappa shape index (κ3) is 3.61. The quantitative estimate of drug-likeness (QED) is 0.918. The molecule has 0 bridgehead atoms. The molecule has 0 spiro atoms. The van der Waals surface area contributed by atoms with Crippen LogP contribution in [0.4, 0.5) is 0 Å². The molecule has 2 nitrogen and oxygen atoms in total. The average molecular weight is 328 g/mol. The molecule has 20 heavy (non-hydrogen) atoms. The molecule has 5 heteroatoms. The second kappa shape index (κ2) is 6.72. The normalized spacial score (nSPS) is 14.0. The Morgan fingerprint density at radius 3 is 2.60 bits per heavy atom. The summed E-state index contributed by atoms with van der Waals surface area (Å²) in [5.41, 5.74) is 8.24. The summed E-state index contributed by atoms with van der Waals surface area (Å²) in [7, 11) is -1.29. The zero-order valence-electron chi connectivity index (χ0n) is 11.0. The van der Waals surface area contributed by atoms with Gasteiger partial charge in [-0.25, -0.2) is 0 Å². The van der Waals surface area contributed by atoms with E-state index in [0.717, 1.165) is 11.1 Å². The second-order valence-corrected chi connectivity index (χ2v) is 6.86. The van der Waals surface area contributed by atoms with Gasteiger partial charge in [-0.05, 0) is 36.2 Å². The first-order chi connectivity index (χ1) is 9.49. The predicted octanol–water partition coefficient (Wildman–Crippen LogP) is 4.11. The summed E-state index contributed by atoms with van der Waals surface area (Å²) in [6.07, 6.45) is 0. The minimum Gasteiger partial charge on any atom is -0.323 e. The minimum atomic E-state index is -1.29. The van der Waals surface area contributed by atoms with E-state index in [4.69, 9.17) is 28.9 Å². The summed E-state index contributed by atoms with van der Waals surface area (Å²) in [5.74, 6) is 0.310. The van der Waals surface area contributed by atoms with Crippen molar-refractivity contribution in [2.75, 3.05) is 5.75 Å². The maximum atomic E-state index is 12.4. The Morgan fingerprint density at radius 1 is 1.20 bits per heavy atom. The number of rotatable bonds is 4. The van der Waals surface area contributed by atoms with Crippen molar-refractivity contribution in [2.45, 2.75) is 17.9 Å². The maximum absolute atomic E-state index is 12.4. The van der Waals surface area contributed by atoms with E-state index in [9.17, 15) is 4.21 Å². The van der Waals surface area contributed by atoms with E-state index in [1.807, 2.05) is 31.2 Å². The largest absolute Gasteiger partial charge is 0.323 e. The van der Waals surface area contributed by atoms with Crippen LogP contribution in [0, 0.1) is 6.92 Å². The monoisotopic (exact) mass is 327 g/mol. The van der Waals surface area contributed by atoms with Crippen molar-refractivity contribution < 1.29 is 4.21 Å². The van der Waals surface area contributed by atoms with Crippen molar-refractivity contribution in [1.29, 1.82) is 0 Å². The van der Waals surface area contributed by atoms with Crippen LogP contribution in [0.2, 0.25) is 10.0 Å². The van der Waals surface area contributed by atoms with E-state index < -0.39 is 10.8 Å². The van der Waals surface area contributed by atoms with Crippen LogP contribution in [-0.2, 0) is 10.8 Å². The highest BCUT2D eigenvalue weighted by atomic mass is 35.5. The van der Waals surface area contributed by atoms with Gasteiger partial charge in [0.25, 0.3) is 0 Å². The van der Waals surface area contributed by atoms with Crippen molar-refractivity contribution >= 4 is 34.0 Å². The van der Waals surface area contributed by atoms with Gasteiger partial charge in [-0.15, -0.1) is 0 Å². The van der Waals surface area contributed by atoms with Gasteiger partial charge >= 0.3 is 0 Å². The number of aryl methyl sites for hydroxylation is 1. The summed E-state index contributed by atoms with van der Waals surface area (Å²) < 4.78 is 12.4. The Bertz CT molecular complexity index is 646. The predicted molar refractivity (Wildman–Crippen MR) is 85.8 cm³/mol. The molecule has 0 aliphatic carbocycles. The topological polar surface area (TPSA) is 43.1 Å². The molecule has 0 saturated heterocycles. The highest BCUT2D eigenvalue weighted by molar-refractivity contribution is 7.85.